The molecule has 0 atom stereocenters. The van der Waals surface area contributed by atoms with Crippen molar-refractivity contribution in [1.82, 2.24) is 0 Å². The average Bonchev–Trinajstić information content (AvgIpc) is 2.27. The van der Waals surface area contributed by atoms with Gasteiger partial charge in [0.05, 0.1) is 10.6 Å². The zero-order chi connectivity index (χ0) is 14.6. The van der Waals surface area contributed by atoms with Crippen molar-refractivity contribution >= 4 is 39.0 Å². The van der Waals surface area contributed by atoms with E-state index in [0.29, 0.717) is 0 Å². The maximum absolute atomic E-state index is 11.5. The van der Waals surface area contributed by atoms with Gasteiger partial charge in [-0.1, -0.05) is 18.5 Å². The van der Waals surface area contributed by atoms with E-state index in [1.54, 1.807) is 0 Å². The lowest BCUT2D eigenvalue weighted by Gasteiger charge is -2.07. The minimum absolute atomic E-state index is 0.0383. The molecular formula is C11H12ClNO5S. The van der Waals surface area contributed by atoms with Crippen LogP contribution in [0.25, 0.3) is 0 Å². The number of hydrogen-bond donors (Lipinski definition) is 2. The minimum Gasteiger partial charge on any atom is -0.478 e. The molecule has 1 aromatic rings. The van der Waals surface area contributed by atoms with Crippen LogP contribution in [0.15, 0.2) is 18.2 Å². The van der Waals surface area contributed by atoms with Gasteiger partial charge in [-0.05, 0) is 18.2 Å². The number of amides is 1. The number of carbonyl (C=O) groups excluding carboxylic acids is 1. The summed E-state index contributed by atoms with van der Waals surface area (Å²) in [5, 5.41) is 11.1. The fraction of sp³-hybridized carbons (Fsp3) is 0.273. The van der Waals surface area contributed by atoms with Crippen LogP contribution in [0.1, 0.15) is 17.3 Å². The Labute approximate surface area is 115 Å². The van der Waals surface area contributed by atoms with Crippen molar-refractivity contribution in [2.45, 2.75) is 6.92 Å². The second-order valence-electron chi connectivity index (χ2n) is 3.72. The number of aromatic carboxylic acids is 1. The van der Waals surface area contributed by atoms with Crippen molar-refractivity contribution in [3.05, 3.63) is 28.8 Å². The number of anilines is 1. The van der Waals surface area contributed by atoms with Crippen molar-refractivity contribution in [2.75, 3.05) is 16.8 Å². The van der Waals surface area contributed by atoms with Gasteiger partial charge in [-0.3, -0.25) is 4.79 Å². The van der Waals surface area contributed by atoms with Gasteiger partial charge < -0.3 is 10.4 Å². The summed E-state index contributed by atoms with van der Waals surface area (Å²) in [6.07, 6.45) is 0. The van der Waals surface area contributed by atoms with Gasteiger partial charge in [0.15, 0.2) is 9.84 Å². The second-order valence-corrected chi connectivity index (χ2v) is 6.48. The summed E-state index contributed by atoms with van der Waals surface area (Å²) in [5.41, 5.74) is 0.146. The number of halogens is 1. The van der Waals surface area contributed by atoms with Gasteiger partial charge >= 0.3 is 5.97 Å². The number of hydrogen-bond acceptors (Lipinski definition) is 4. The predicted molar refractivity (Wildman–Crippen MR) is 71.4 cm³/mol. The van der Waals surface area contributed by atoms with E-state index in [1.807, 2.05) is 0 Å². The first-order valence-electron chi connectivity index (χ1n) is 5.28. The third-order valence-corrected chi connectivity index (χ3v) is 4.17. The van der Waals surface area contributed by atoms with Crippen molar-refractivity contribution in [1.29, 1.82) is 0 Å². The number of carboxylic acid groups (broad SMARTS) is 1. The van der Waals surface area contributed by atoms with Crippen molar-refractivity contribution in [3.63, 3.8) is 0 Å². The topological polar surface area (TPSA) is 101 Å². The van der Waals surface area contributed by atoms with E-state index < -0.39 is 27.5 Å². The molecule has 6 nitrogen and oxygen atoms in total. The molecule has 0 aliphatic carbocycles. The summed E-state index contributed by atoms with van der Waals surface area (Å²) in [7, 11) is -3.41. The average molecular weight is 306 g/mol. The summed E-state index contributed by atoms with van der Waals surface area (Å²) >= 11 is 5.72. The fourth-order valence-electron chi connectivity index (χ4n) is 1.27. The zero-order valence-electron chi connectivity index (χ0n) is 10.0. The highest BCUT2D eigenvalue weighted by Crippen LogP contribution is 2.21. The highest BCUT2D eigenvalue weighted by Gasteiger charge is 2.15. The zero-order valence-corrected chi connectivity index (χ0v) is 11.6. The maximum atomic E-state index is 11.5. The number of benzene rings is 1. The Hall–Kier alpha value is -1.60. The van der Waals surface area contributed by atoms with Crippen LogP contribution in [0.2, 0.25) is 5.02 Å². The SMILES string of the molecule is CCS(=O)(=O)CC(=O)Nc1ccc(C(=O)O)c(Cl)c1. The first kappa shape index (κ1) is 15.5. The van der Waals surface area contributed by atoms with Gasteiger partial charge in [0.25, 0.3) is 0 Å². The lowest BCUT2D eigenvalue weighted by Crippen LogP contribution is -2.24. The molecule has 1 amide bonds. The van der Waals surface area contributed by atoms with Crippen LogP contribution < -0.4 is 5.32 Å². The van der Waals surface area contributed by atoms with Crippen LogP contribution in [0.5, 0.6) is 0 Å². The largest absolute Gasteiger partial charge is 0.478 e. The molecule has 0 spiro atoms. The molecule has 19 heavy (non-hydrogen) atoms. The van der Waals surface area contributed by atoms with Gasteiger partial charge in [-0.15, -0.1) is 0 Å². The summed E-state index contributed by atoms with van der Waals surface area (Å²) in [4.78, 5) is 22.2. The normalized spacial score (nSPS) is 11.1. The standard InChI is InChI=1S/C11H12ClNO5S/c1-2-19(17,18)6-10(14)13-7-3-4-8(11(15)16)9(12)5-7/h3-5H,2,6H2,1H3,(H,13,14)(H,15,16). The smallest absolute Gasteiger partial charge is 0.337 e. The Morgan fingerprint density at radius 2 is 2.00 bits per heavy atom. The van der Waals surface area contributed by atoms with E-state index in [0.717, 1.165) is 0 Å². The van der Waals surface area contributed by atoms with E-state index in [2.05, 4.69) is 5.32 Å². The predicted octanol–water partition coefficient (Wildman–Crippen LogP) is 1.41. The van der Waals surface area contributed by atoms with Crippen LogP contribution in [-0.4, -0.2) is 36.9 Å². The molecule has 0 bridgehead atoms. The van der Waals surface area contributed by atoms with E-state index in [9.17, 15) is 18.0 Å². The number of sulfone groups is 1. The van der Waals surface area contributed by atoms with Gasteiger partial charge in [0.1, 0.15) is 5.75 Å². The Bertz CT molecular complexity index is 612. The van der Waals surface area contributed by atoms with Gasteiger partial charge in [-0.25, -0.2) is 13.2 Å². The van der Waals surface area contributed by atoms with Crippen molar-refractivity contribution in [3.8, 4) is 0 Å². The van der Waals surface area contributed by atoms with Crippen LogP contribution in [0.4, 0.5) is 5.69 Å². The molecule has 0 saturated heterocycles. The second kappa shape index (κ2) is 6.03. The molecule has 0 aromatic heterocycles. The molecule has 0 radical (unpaired) electrons. The molecule has 0 aliphatic rings. The Morgan fingerprint density at radius 1 is 1.37 bits per heavy atom. The summed E-state index contributed by atoms with van der Waals surface area (Å²) in [6, 6.07) is 3.82. The quantitative estimate of drug-likeness (QED) is 0.856. The molecule has 2 N–H and O–H groups in total. The van der Waals surface area contributed by atoms with Gasteiger partial charge in [0, 0.05) is 11.4 Å². The van der Waals surface area contributed by atoms with Crippen LogP contribution >= 0.6 is 11.6 Å². The minimum atomic E-state index is -3.41. The molecule has 1 rings (SSSR count). The molecule has 104 valence electrons. The Morgan fingerprint density at radius 3 is 2.47 bits per heavy atom. The molecular weight excluding hydrogens is 294 g/mol. The fourth-order valence-corrected chi connectivity index (χ4v) is 2.20. The third-order valence-electron chi connectivity index (χ3n) is 2.27. The Kier molecular flexibility index (Phi) is 4.90. The van der Waals surface area contributed by atoms with Gasteiger partial charge in [-0.2, -0.15) is 0 Å². The molecule has 0 heterocycles. The Balaban J connectivity index is 2.82. The highest BCUT2D eigenvalue weighted by atomic mass is 35.5. The number of carboxylic acids is 1. The lowest BCUT2D eigenvalue weighted by atomic mass is 10.2. The molecule has 0 fully saturated rings. The summed E-state index contributed by atoms with van der Waals surface area (Å²) in [5.74, 6) is -2.63. The number of nitrogens with one attached hydrogen (secondary N) is 1. The molecule has 8 heteroatoms. The lowest BCUT2D eigenvalue weighted by molar-refractivity contribution is -0.113. The molecule has 0 aliphatic heterocycles. The summed E-state index contributed by atoms with van der Waals surface area (Å²) < 4.78 is 22.5. The van der Waals surface area contributed by atoms with Crippen LogP contribution in [0, 0.1) is 0 Å². The molecule has 0 saturated carbocycles. The first-order chi connectivity index (χ1) is 8.75. The highest BCUT2D eigenvalue weighted by molar-refractivity contribution is 7.92. The van der Waals surface area contributed by atoms with Crippen LogP contribution in [0.3, 0.4) is 0 Å². The number of rotatable bonds is 5. The number of carbonyl (C=O) groups is 2. The van der Waals surface area contributed by atoms with E-state index in [-0.39, 0.29) is 22.0 Å². The maximum Gasteiger partial charge on any atom is 0.337 e. The summed E-state index contributed by atoms with van der Waals surface area (Å²) in [6.45, 7) is 1.45. The van der Waals surface area contributed by atoms with E-state index in [4.69, 9.17) is 16.7 Å². The van der Waals surface area contributed by atoms with E-state index in [1.165, 1.54) is 25.1 Å². The van der Waals surface area contributed by atoms with Crippen molar-refractivity contribution in [2.24, 2.45) is 0 Å². The third kappa shape index (κ3) is 4.53. The molecule has 1 aromatic carbocycles. The van der Waals surface area contributed by atoms with Crippen LogP contribution in [-0.2, 0) is 14.6 Å². The van der Waals surface area contributed by atoms with Gasteiger partial charge in [0.2, 0.25) is 5.91 Å². The monoisotopic (exact) mass is 305 g/mol. The first-order valence-corrected chi connectivity index (χ1v) is 7.48. The molecule has 0 unspecified atom stereocenters. The van der Waals surface area contributed by atoms with Crippen molar-refractivity contribution < 1.29 is 23.1 Å². The van der Waals surface area contributed by atoms with E-state index >= 15 is 0 Å².